The predicted octanol–water partition coefficient (Wildman–Crippen LogP) is 2.26. The van der Waals surface area contributed by atoms with E-state index in [9.17, 15) is 9.59 Å². The number of fused-ring (bicyclic) bond motifs is 1. The zero-order chi connectivity index (χ0) is 23.8. The molecule has 10 nitrogen and oxygen atoms in total. The smallest absolute Gasteiger partial charge is 0.243 e. The van der Waals surface area contributed by atoms with E-state index in [0.717, 1.165) is 73.7 Å². The first-order valence-corrected chi connectivity index (χ1v) is 12.4. The molecular weight excluding hydrogens is 432 g/mol. The minimum Gasteiger partial charge on any atom is -0.350 e. The molecule has 2 aliphatic heterocycles. The second-order valence-electron chi connectivity index (χ2n) is 9.95. The SMILES string of the molecule is CC(=O)N1CC[C@@H](NC(=O)[C@H]2CCCN2c2nc3c(c(Nc4cc(C(C)C)[nH]n4)n2)CCC3)C1. The number of aromatic amines is 1. The lowest BCUT2D eigenvalue weighted by Crippen LogP contribution is -2.48. The van der Waals surface area contributed by atoms with E-state index < -0.39 is 0 Å². The number of anilines is 3. The highest BCUT2D eigenvalue weighted by molar-refractivity contribution is 5.86. The number of aromatic nitrogens is 4. The van der Waals surface area contributed by atoms with Crippen molar-refractivity contribution in [3.63, 3.8) is 0 Å². The number of hydrogen-bond acceptors (Lipinski definition) is 7. The van der Waals surface area contributed by atoms with E-state index >= 15 is 0 Å². The molecule has 0 bridgehead atoms. The van der Waals surface area contributed by atoms with Crippen molar-refractivity contribution in [1.82, 2.24) is 30.4 Å². The Kier molecular flexibility index (Phi) is 6.14. The van der Waals surface area contributed by atoms with Crippen molar-refractivity contribution in [2.24, 2.45) is 0 Å². The number of likely N-dealkylation sites (tertiary alicyclic amines) is 1. The van der Waals surface area contributed by atoms with E-state index in [1.165, 1.54) is 0 Å². The van der Waals surface area contributed by atoms with Gasteiger partial charge in [0.15, 0.2) is 5.82 Å². The molecule has 2 atom stereocenters. The van der Waals surface area contributed by atoms with Crippen molar-refractivity contribution in [2.45, 2.75) is 77.3 Å². The standard InChI is InChI=1S/C24H34N8O2/c1-14(2)19-12-21(30-29-19)27-22-17-6-4-7-18(17)26-24(28-22)32-10-5-8-20(32)23(34)25-16-9-11-31(13-16)15(3)33/h12,14,16,20H,4-11,13H2,1-3H3,(H,25,34)(H2,26,27,28,29,30)/t16-,20-/m1/s1. The van der Waals surface area contributed by atoms with Gasteiger partial charge in [0.05, 0.1) is 5.69 Å². The fraction of sp³-hybridized carbons (Fsp3) is 0.625. The summed E-state index contributed by atoms with van der Waals surface area (Å²) in [6, 6.07) is 1.73. The Morgan fingerprint density at radius 2 is 2.00 bits per heavy atom. The van der Waals surface area contributed by atoms with Gasteiger partial charge in [0, 0.05) is 49.9 Å². The minimum absolute atomic E-state index is 0.000358. The van der Waals surface area contributed by atoms with Crippen molar-refractivity contribution >= 4 is 29.4 Å². The first-order valence-electron chi connectivity index (χ1n) is 12.4. The first-order chi connectivity index (χ1) is 16.4. The molecule has 2 aromatic rings. The summed E-state index contributed by atoms with van der Waals surface area (Å²) in [6.07, 6.45) is 5.41. The molecule has 1 aliphatic carbocycles. The topological polar surface area (TPSA) is 119 Å². The molecule has 2 amide bonds. The molecule has 0 aromatic carbocycles. The molecule has 0 saturated carbocycles. The highest BCUT2D eigenvalue weighted by atomic mass is 16.2. The fourth-order valence-corrected chi connectivity index (χ4v) is 5.21. The van der Waals surface area contributed by atoms with E-state index in [1.807, 2.05) is 11.0 Å². The van der Waals surface area contributed by atoms with Crippen LogP contribution in [0.5, 0.6) is 0 Å². The monoisotopic (exact) mass is 466 g/mol. The van der Waals surface area contributed by atoms with Gasteiger partial charge in [-0.2, -0.15) is 10.1 Å². The van der Waals surface area contributed by atoms with Gasteiger partial charge < -0.3 is 20.4 Å². The summed E-state index contributed by atoms with van der Waals surface area (Å²) in [5, 5.41) is 14.1. The van der Waals surface area contributed by atoms with Crippen LogP contribution in [-0.4, -0.2) is 68.6 Å². The van der Waals surface area contributed by atoms with Crippen LogP contribution in [0.3, 0.4) is 0 Å². The summed E-state index contributed by atoms with van der Waals surface area (Å²) >= 11 is 0. The van der Waals surface area contributed by atoms with Crippen LogP contribution in [0, 0.1) is 0 Å². The third-order valence-corrected chi connectivity index (χ3v) is 7.18. The third kappa shape index (κ3) is 4.45. The van der Waals surface area contributed by atoms with E-state index in [2.05, 4.69) is 34.7 Å². The number of carbonyl (C=O) groups excluding carboxylic acids is 2. The van der Waals surface area contributed by atoms with Gasteiger partial charge in [-0.25, -0.2) is 4.98 Å². The molecule has 34 heavy (non-hydrogen) atoms. The highest BCUT2D eigenvalue weighted by Crippen LogP contribution is 2.32. The number of H-pyrrole nitrogens is 1. The number of nitrogens with one attached hydrogen (secondary N) is 3. The Morgan fingerprint density at radius 1 is 1.15 bits per heavy atom. The summed E-state index contributed by atoms with van der Waals surface area (Å²) in [5.41, 5.74) is 3.28. The molecule has 2 fully saturated rings. The minimum atomic E-state index is -0.295. The van der Waals surface area contributed by atoms with E-state index in [4.69, 9.17) is 9.97 Å². The second kappa shape index (κ2) is 9.23. The summed E-state index contributed by atoms with van der Waals surface area (Å²) in [5.74, 6) is 2.56. The van der Waals surface area contributed by atoms with Gasteiger partial charge in [-0.05, 0) is 44.4 Å². The first kappa shape index (κ1) is 22.6. The molecule has 0 spiro atoms. The van der Waals surface area contributed by atoms with Crippen LogP contribution >= 0.6 is 0 Å². The normalized spacial score (nSPS) is 21.9. The Labute approximate surface area is 199 Å². The lowest BCUT2D eigenvalue weighted by Gasteiger charge is -2.26. The summed E-state index contributed by atoms with van der Waals surface area (Å²) < 4.78 is 0. The average Bonchev–Trinajstić information content (AvgIpc) is 3.59. The van der Waals surface area contributed by atoms with Gasteiger partial charge in [0.25, 0.3) is 0 Å². The third-order valence-electron chi connectivity index (χ3n) is 7.18. The van der Waals surface area contributed by atoms with Crippen LogP contribution in [0.2, 0.25) is 0 Å². The van der Waals surface area contributed by atoms with Gasteiger partial charge in [-0.1, -0.05) is 13.8 Å². The van der Waals surface area contributed by atoms with Gasteiger partial charge in [-0.15, -0.1) is 0 Å². The molecular formula is C24H34N8O2. The summed E-state index contributed by atoms with van der Waals surface area (Å²) in [6.45, 7) is 7.86. The number of hydrogen-bond donors (Lipinski definition) is 3. The van der Waals surface area contributed by atoms with Crippen molar-refractivity contribution in [1.29, 1.82) is 0 Å². The molecule has 182 valence electrons. The van der Waals surface area contributed by atoms with Crippen LogP contribution < -0.4 is 15.5 Å². The predicted molar refractivity (Wildman–Crippen MR) is 129 cm³/mol. The van der Waals surface area contributed by atoms with Gasteiger partial charge in [-0.3, -0.25) is 14.7 Å². The highest BCUT2D eigenvalue weighted by Gasteiger charge is 2.36. The number of amides is 2. The van der Waals surface area contributed by atoms with Crippen molar-refractivity contribution < 1.29 is 9.59 Å². The van der Waals surface area contributed by atoms with E-state index in [0.29, 0.717) is 25.0 Å². The molecule has 2 saturated heterocycles. The molecule has 0 unspecified atom stereocenters. The maximum Gasteiger partial charge on any atom is 0.243 e. The van der Waals surface area contributed by atoms with Gasteiger partial charge in [0.1, 0.15) is 11.9 Å². The largest absolute Gasteiger partial charge is 0.350 e. The average molecular weight is 467 g/mol. The molecule has 3 N–H and O–H groups in total. The second-order valence-corrected chi connectivity index (χ2v) is 9.95. The van der Waals surface area contributed by atoms with Crippen LogP contribution in [0.15, 0.2) is 6.07 Å². The molecule has 4 heterocycles. The Morgan fingerprint density at radius 3 is 2.74 bits per heavy atom. The van der Waals surface area contributed by atoms with Crippen molar-refractivity contribution in [3.8, 4) is 0 Å². The van der Waals surface area contributed by atoms with Crippen molar-refractivity contribution in [3.05, 3.63) is 23.0 Å². The fourth-order valence-electron chi connectivity index (χ4n) is 5.21. The lowest BCUT2D eigenvalue weighted by atomic mass is 10.1. The molecule has 2 aromatic heterocycles. The Bertz CT molecular complexity index is 1080. The van der Waals surface area contributed by atoms with Crippen LogP contribution in [0.25, 0.3) is 0 Å². The number of aryl methyl sites for hydroxylation is 1. The molecule has 0 radical (unpaired) electrons. The Balaban J connectivity index is 1.34. The maximum absolute atomic E-state index is 13.2. The molecule has 10 heteroatoms. The van der Waals surface area contributed by atoms with Gasteiger partial charge in [0.2, 0.25) is 17.8 Å². The van der Waals surface area contributed by atoms with Crippen LogP contribution in [0.4, 0.5) is 17.6 Å². The molecule has 3 aliphatic rings. The Hall–Kier alpha value is -3.17. The zero-order valence-corrected chi connectivity index (χ0v) is 20.2. The number of carbonyl (C=O) groups is 2. The van der Waals surface area contributed by atoms with Crippen LogP contribution in [0.1, 0.15) is 69.3 Å². The number of nitrogens with zero attached hydrogens (tertiary/aromatic N) is 5. The van der Waals surface area contributed by atoms with E-state index in [1.54, 1.807) is 11.8 Å². The van der Waals surface area contributed by atoms with Crippen molar-refractivity contribution in [2.75, 3.05) is 29.9 Å². The number of rotatable bonds is 6. The van der Waals surface area contributed by atoms with E-state index in [-0.39, 0.29) is 23.9 Å². The molecule has 5 rings (SSSR count). The van der Waals surface area contributed by atoms with Crippen LogP contribution in [-0.2, 0) is 22.4 Å². The maximum atomic E-state index is 13.2. The summed E-state index contributed by atoms with van der Waals surface area (Å²) in [4.78, 5) is 38.4. The lowest BCUT2D eigenvalue weighted by molar-refractivity contribution is -0.128. The summed E-state index contributed by atoms with van der Waals surface area (Å²) in [7, 11) is 0. The quantitative estimate of drug-likeness (QED) is 0.597. The zero-order valence-electron chi connectivity index (χ0n) is 20.2. The van der Waals surface area contributed by atoms with Gasteiger partial charge >= 0.3 is 0 Å².